The number of nitrogens with two attached hydrogens (primary N) is 1. The van der Waals surface area contributed by atoms with Gasteiger partial charge >= 0.3 is 11.9 Å². The molecule has 1 aromatic rings. The van der Waals surface area contributed by atoms with E-state index in [1.165, 1.54) is 6.20 Å². The van der Waals surface area contributed by atoms with Crippen molar-refractivity contribution in [1.29, 1.82) is 0 Å². The Morgan fingerprint density at radius 2 is 2.04 bits per heavy atom. The molecule has 2 N–H and O–H groups in total. The van der Waals surface area contributed by atoms with E-state index < -0.39 is 5.97 Å². The molecule has 0 bridgehead atoms. The van der Waals surface area contributed by atoms with Crippen molar-refractivity contribution in [3.8, 4) is 0 Å². The molecule has 1 atom stereocenters. The Morgan fingerprint density at radius 1 is 1.29 bits per heavy atom. The highest BCUT2D eigenvalue weighted by Crippen LogP contribution is 2.18. The fraction of sp³-hybridized carbons (Fsp3) is 0.688. The molecule has 8 nitrogen and oxygen atoms in total. The van der Waals surface area contributed by atoms with Crippen molar-refractivity contribution >= 4 is 17.8 Å². The molecular formula is C16H26N4O4. The van der Waals surface area contributed by atoms with Crippen molar-refractivity contribution in [3.05, 3.63) is 11.8 Å². The van der Waals surface area contributed by atoms with Crippen molar-refractivity contribution in [2.75, 3.05) is 38.6 Å². The first kappa shape index (κ1) is 18.3. The van der Waals surface area contributed by atoms with Gasteiger partial charge in [-0.1, -0.05) is 0 Å². The Morgan fingerprint density at radius 3 is 2.75 bits per heavy atom. The third-order valence-electron chi connectivity index (χ3n) is 4.13. The molecule has 1 aliphatic rings. The minimum absolute atomic E-state index is 0.0660. The molecule has 0 radical (unpaired) electrons. The number of rotatable bonds is 7. The van der Waals surface area contributed by atoms with Crippen LogP contribution in [0, 0.1) is 5.92 Å². The van der Waals surface area contributed by atoms with E-state index in [0.29, 0.717) is 44.2 Å². The van der Waals surface area contributed by atoms with Crippen LogP contribution < -0.4 is 5.73 Å². The lowest BCUT2D eigenvalue weighted by atomic mass is 9.98. The SMILES string of the molecule is CCOC(=O)c1cnn(CCN2CCC[C@H](C(=O)OCC)C2)c1N. The maximum Gasteiger partial charge on any atom is 0.343 e. The molecule has 0 spiro atoms. The molecule has 0 aromatic carbocycles. The molecule has 1 saturated heterocycles. The quantitative estimate of drug-likeness (QED) is 0.738. The number of carbonyl (C=O) groups is 2. The number of anilines is 1. The van der Waals surface area contributed by atoms with Gasteiger partial charge < -0.3 is 20.1 Å². The summed E-state index contributed by atoms with van der Waals surface area (Å²) < 4.78 is 11.7. The van der Waals surface area contributed by atoms with Crippen molar-refractivity contribution in [1.82, 2.24) is 14.7 Å². The number of nitrogen functional groups attached to an aromatic ring is 1. The zero-order valence-corrected chi connectivity index (χ0v) is 14.4. The summed E-state index contributed by atoms with van der Waals surface area (Å²) in [5.41, 5.74) is 6.26. The fourth-order valence-corrected chi connectivity index (χ4v) is 2.89. The average molecular weight is 338 g/mol. The van der Waals surface area contributed by atoms with Gasteiger partial charge in [0.2, 0.25) is 0 Å². The predicted molar refractivity (Wildman–Crippen MR) is 88.4 cm³/mol. The van der Waals surface area contributed by atoms with Crippen molar-refractivity contribution in [2.24, 2.45) is 5.92 Å². The summed E-state index contributed by atoms with van der Waals surface area (Å²) in [7, 11) is 0. The Hall–Kier alpha value is -2.09. The first-order valence-electron chi connectivity index (χ1n) is 8.44. The molecule has 24 heavy (non-hydrogen) atoms. The van der Waals surface area contributed by atoms with Gasteiger partial charge in [-0.05, 0) is 33.2 Å². The molecule has 1 fully saturated rings. The third-order valence-corrected chi connectivity index (χ3v) is 4.13. The smallest absolute Gasteiger partial charge is 0.343 e. The van der Waals surface area contributed by atoms with Gasteiger partial charge in [0, 0.05) is 13.1 Å². The van der Waals surface area contributed by atoms with Crippen LogP contribution in [-0.2, 0) is 20.8 Å². The van der Waals surface area contributed by atoms with Crippen LogP contribution in [0.15, 0.2) is 6.20 Å². The number of esters is 2. The molecular weight excluding hydrogens is 312 g/mol. The van der Waals surface area contributed by atoms with E-state index in [2.05, 4.69) is 10.00 Å². The lowest BCUT2D eigenvalue weighted by Crippen LogP contribution is -2.40. The number of likely N-dealkylation sites (tertiary alicyclic amines) is 1. The van der Waals surface area contributed by atoms with E-state index in [1.807, 2.05) is 6.92 Å². The molecule has 0 aliphatic carbocycles. The van der Waals surface area contributed by atoms with E-state index in [0.717, 1.165) is 19.4 Å². The minimum atomic E-state index is -0.457. The van der Waals surface area contributed by atoms with Gasteiger partial charge in [0.1, 0.15) is 11.4 Å². The highest BCUT2D eigenvalue weighted by atomic mass is 16.5. The second-order valence-corrected chi connectivity index (χ2v) is 5.78. The van der Waals surface area contributed by atoms with Gasteiger partial charge in [-0.15, -0.1) is 0 Å². The van der Waals surface area contributed by atoms with Gasteiger partial charge in [-0.25, -0.2) is 9.48 Å². The Bertz CT molecular complexity index is 572. The zero-order valence-electron chi connectivity index (χ0n) is 14.4. The summed E-state index contributed by atoms with van der Waals surface area (Å²) in [4.78, 5) is 25.8. The van der Waals surface area contributed by atoms with E-state index in [9.17, 15) is 9.59 Å². The van der Waals surface area contributed by atoms with Crippen molar-refractivity contribution in [2.45, 2.75) is 33.2 Å². The van der Waals surface area contributed by atoms with E-state index in [1.54, 1.807) is 11.6 Å². The number of ether oxygens (including phenoxy) is 2. The van der Waals surface area contributed by atoms with Gasteiger partial charge in [-0.2, -0.15) is 5.10 Å². The van der Waals surface area contributed by atoms with E-state index in [-0.39, 0.29) is 11.9 Å². The molecule has 134 valence electrons. The highest BCUT2D eigenvalue weighted by Gasteiger charge is 2.26. The molecule has 1 aromatic heterocycles. The topological polar surface area (TPSA) is 99.7 Å². The Kier molecular flexibility index (Phi) is 6.60. The van der Waals surface area contributed by atoms with Gasteiger partial charge in [0.25, 0.3) is 0 Å². The van der Waals surface area contributed by atoms with Crippen LogP contribution in [0.4, 0.5) is 5.82 Å². The molecule has 0 unspecified atom stereocenters. The third kappa shape index (κ3) is 4.47. The normalized spacial score (nSPS) is 18.3. The molecule has 0 amide bonds. The summed E-state index contributed by atoms with van der Waals surface area (Å²) in [6.07, 6.45) is 3.27. The summed E-state index contributed by atoms with van der Waals surface area (Å²) >= 11 is 0. The van der Waals surface area contributed by atoms with Crippen LogP contribution in [0.2, 0.25) is 0 Å². The molecule has 8 heteroatoms. The van der Waals surface area contributed by atoms with Gasteiger partial charge in [0.05, 0.1) is 31.9 Å². The largest absolute Gasteiger partial charge is 0.466 e. The number of hydrogen-bond acceptors (Lipinski definition) is 7. The number of piperidine rings is 1. The summed E-state index contributed by atoms with van der Waals surface area (Å²) in [6, 6.07) is 0. The highest BCUT2D eigenvalue weighted by molar-refractivity contribution is 5.93. The van der Waals surface area contributed by atoms with Crippen LogP contribution in [-0.4, -0.2) is 59.5 Å². The first-order chi connectivity index (χ1) is 11.6. The average Bonchev–Trinajstić information content (AvgIpc) is 2.94. The van der Waals surface area contributed by atoms with Crippen molar-refractivity contribution in [3.63, 3.8) is 0 Å². The zero-order chi connectivity index (χ0) is 17.5. The van der Waals surface area contributed by atoms with Crippen LogP contribution in [0.5, 0.6) is 0 Å². The molecule has 2 heterocycles. The lowest BCUT2D eigenvalue weighted by molar-refractivity contribution is -0.149. The predicted octanol–water partition coefficient (Wildman–Crippen LogP) is 0.917. The van der Waals surface area contributed by atoms with Crippen LogP contribution in [0.3, 0.4) is 0 Å². The van der Waals surface area contributed by atoms with Gasteiger partial charge in [0.15, 0.2) is 0 Å². The van der Waals surface area contributed by atoms with Gasteiger partial charge in [-0.3, -0.25) is 4.79 Å². The first-order valence-corrected chi connectivity index (χ1v) is 8.44. The van der Waals surface area contributed by atoms with Crippen LogP contribution in [0.25, 0.3) is 0 Å². The summed E-state index contributed by atoms with van der Waals surface area (Å²) in [5.74, 6) is -0.330. The summed E-state index contributed by atoms with van der Waals surface area (Å²) in [6.45, 7) is 7.16. The molecule has 2 rings (SSSR count). The van der Waals surface area contributed by atoms with Crippen LogP contribution >= 0.6 is 0 Å². The lowest BCUT2D eigenvalue weighted by Gasteiger charge is -2.31. The minimum Gasteiger partial charge on any atom is -0.466 e. The standard InChI is InChI=1S/C16H26N4O4/c1-3-23-15(21)12-6-5-7-19(11-12)8-9-20-14(17)13(10-18-20)16(22)24-4-2/h10,12H,3-9,11,17H2,1-2H3/t12-/m0/s1. The second kappa shape index (κ2) is 8.68. The fourth-order valence-electron chi connectivity index (χ4n) is 2.89. The number of hydrogen-bond donors (Lipinski definition) is 1. The number of nitrogens with zero attached hydrogens (tertiary/aromatic N) is 3. The van der Waals surface area contributed by atoms with Crippen molar-refractivity contribution < 1.29 is 19.1 Å². The monoisotopic (exact) mass is 338 g/mol. The Balaban J connectivity index is 1.89. The number of carbonyl (C=O) groups excluding carboxylic acids is 2. The number of aromatic nitrogens is 2. The van der Waals surface area contributed by atoms with E-state index >= 15 is 0 Å². The molecule has 1 aliphatic heterocycles. The molecule has 0 saturated carbocycles. The maximum atomic E-state index is 11.9. The Labute approximate surface area is 141 Å². The van der Waals surface area contributed by atoms with E-state index in [4.69, 9.17) is 15.2 Å². The second-order valence-electron chi connectivity index (χ2n) is 5.78. The summed E-state index contributed by atoms with van der Waals surface area (Å²) in [5, 5.41) is 4.16. The van der Waals surface area contributed by atoms with Crippen LogP contribution in [0.1, 0.15) is 37.0 Å². The maximum absolute atomic E-state index is 11.9.